The number of rotatable bonds is 2. The second-order valence-electron chi connectivity index (χ2n) is 4.07. The summed E-state index contributed by atoms with van der Waals surface area (Å²) >= 11 is 0. The van der Waals surface area contributed by atoms with Crippen LogP contribution >= 0.6 is 0 Å². The second kappa shape index (κ2) is 4.76. The molecule has 2 N–H and O–H groups in total. The lowest BCUT2D eigenvalue weighted by molar-refractivity contribution is 0.461. The molecule has 0 aliphatic carbocycles. The first kappa shape index (κ1) is 11.9. The monoisotopic (exact) mass is 239 g/mol. The molecule has 0 fully saturated rings. The van der Waals surface area contributed by atoms with Crippen molar-refractivity contribution in [3.8, 4) is 17.7 Å². The Labute approximate surface area is 106 Å². The molecule has 0 spiro atoms. The van der Waals surface area contributed by atoms with E-state index in [0.29, 0.717) is 17.2 Å². The Morgan fingerprint density at radius 2 is 2.00 bits per heavy atom. The van der Waals surface area contributed by atoms with E-state index < -0.39 is 0 Å². The number of benzene rings is 1. The first-order valence-corrected chi connectivity index (χ1v) is 5.51. The zero-order valence-corrected chi connectivity index (χ0v) is 10.3. The zero-order valence-electron chi connectivity index (χ0n) is 10.3. The van der Waals surface area contributed by atoms with Crippen LogP contribution in [-0.4, -0.2) is 4.98 Å². The molecule has 0 amide bonds. The van der Waals surface area contributed by atoms with E-state index in [0.717, 1.165) is 16.9 Å². The van der Waals surface area contributed by atoms with E-state index in [-0.39, 0.29) is 0 Å². The largest absolute Gasteiger partial charge is 0.439 e. The predicted octanol–water partition coefficient (Wildman–Crippen LogP) is 2.94. The lowest BCUT2D eigenvalue weighted by Gasteiger charge is -2.07. The number of hydrogen-bond acceptors (Lipinski definition) is 4. The SMILES string of the molecule is Cc1cc(C#N)cc(Oc2ccc(N)c(C)c2)n1. The van der Waals surface area contributed by atoms with Crippen LogP contribution in [0.3, 0.4) is 0 Å². The molecule has 1 aromatic carbocycles. The van der Waals surface area contributed by atoms with Crippen LogP contribution < -0.4 is 10.5 Å². The lowest BCUT2D eigenvalue weighted by Crippen LogP contribution is -1.94. The highest BCUT2D eigenvalue weighted by Crippen LogP contribution is 2.24. The van der Waals surface area contributed by atoms with Crippen LogP contribution in [0.15, 0.2) is 30.3 Å². The molecule has 0 saturated carbocycles. The molecule has 4 heteroatoms. The maximum absolute atomic E-state index is 8.88. The minimum absolute atomic E-state index is 0.413. The number of ether oxygens (including phenoxy) is 1. The third kappa shape index (κ3) is 2.58. The standard InChI is InChI=1S/C14H13N3O/c1-9-5-12(3-4-13(9)16)18-14-7-11(8-15)6-10(2)17-14/h3-7H,16H2,1-2H3. The number of aromatic nitrogens is 1. The first-order chi connectivity index (χ1) is 8.58. The fourth-order valence-corrected chi connectivity index (χ4v) is 1.59. The van der Waals surface area contributed by atoms with Gasteiger partial charge < -0.3 is 10.5 Å². The summed E-state index contributed by atoms with van der Waals surface area (Å²) in [5.74, 6) is 1.07. The van der Waals surface area contributed by atoms with Crippen LogP contribution in [0.2, 0.25) is 0 Å². The number of nitrogens with zero attached hydrogens (tertiary/aromatic N) is 2. The van der Waals surface area contributed by atoms with E-state index in [4.69, 9.17) is 15.7 Å². The quantitative estimate of drug-likeness (QED) is 0.818. The Morgan fingerprint density at radius 3 is 2.67 bits per heavy atom. The van der Waals surface area contributed by atoms with Gasteiger partial charge in [-0.1, -0.05) is 0 Å². The van der Waals surface area contributed by atoms with Crippen molar-refractivity contribution in [2.45, 2.75) is 13.8 Å². The smallest absolute Gasteiger partial charge is 0.220 e. The van der Waals surface area contributed by atoms with Crippen molar-refractivity contribution in [3.63, 3.8) is 0 Å². The summed E-state index contributed by atoms with van der Waals surface area (Å²) in [5, 5.41) is 8.88. The van der Waals surface area contributed by atoms with Crippen LogP contribution in [-0.2, 0) is 0 Å². The summed E-state index contributed by atoms with van der Waals surface area (Å²) in [7, 11) is 0. The molecular weight excluding hydrogens is 226 g/mol. The van der Waals surface area contributed by atoms with Gasteiger partial charge in [0.15, 0.2) is 0 Å². The number of nitrogens with two attached hydrogens (primary N) is 1. The summed E-state index contributed by atoms with van der Waals surface area (Å²) in [6.07, 6.45) is 0. The predicted molar refractivity (Wildman–Crippen MR) is 69.4 cm³/mol. The van der Waals surface area contributed by atoms with Gasteiger partial charge in [-0.2, -0.15) is 5.26 Å². The van der Waals surface area contributed by atoms with Crippen molar-refractivity contribution in [1.29, 1.82) is 5.26 Å². The van der Waals surface area contributed by atoms with E-state index in [2.05, 4.69) is 11.1 Å². The molecule has 1 aromatic heterocycles. The Morgan fingerprint density at radius 1 is 1.22 bits per heavy atom. The lowest BCUT2D eigenvalue weighted by atomic mass is 10.2. The van der Waals surface area contributed by atoms with Gasteiger partial charge >= 0.3 is 0 Å². The summed E-state index contributed by atoms with van der Waals surface area (Å²) in [4.78, 5) is 4.22. The van der Waals surface area contributed by atoms with Gasteiger partial charge in [0.05, 0.1) is 11.6 Å². The summed E-state index contributed by atoms with van der Waals surface area (Å²) < 4.78 is 5.62. The normalized spacial score (nSPS) is 9.83. The minimum Gasteiger partial charge on any atom is -0.439 e. The molecule has 4 nitrogen and oxygen atoms in total. The molecule has 0 aliphatic rings. The number of nitrogen functional groups attached to an aromatic ring is 1. The van der Waals surface area contributed by atoms with Crippen molar-refractivity contribution in [3.05, 3.63) is 47.2 Å². The van der Waals surface area contributed by atoms with Crippen molar-refractivity contribution in [2.24, 2.45) is 0 Å². The van der Waals surface area contributed by atoms with Gasteiger partial charge in [0.1, 0.15) is 5.75 Å². The van der Waals surface area contributed by atoms with Crippen LogP contribution in [0.1, 0.15) is 16.8 Å². The van der Waals surface area contributed by atoms with Gasteiger partial charge in [-0.25, -0.2) is 4.98 Å². The number of aryl methyl sites for hydroxylation is 2. The molecular formula is C14H13N3O. The van der Waals surface area contributed by atoms with Crippen LogP contribution in [0.25, 0.3) is 0 Å². The van der Waals surface area contributed by atoms with E-state index in [1.807, 2.05) is 19.9 Å². The van der Waals surface area contributed by atoms with Gasteiger partial charge in [0.2, 0.25) is 5.88 Å². The molecule has 0 atom stereocenters. The molecule has 0 saturated heterocycles. The molecule has 1 heterocycles. The number of nitriles is 1. The topological polar surface area (TPSA) is 71.9 Å². The average Bonchev–Trinajstić information content (AvgIpc) is 2.33. The third-order valence-electron chi connectivity index (χ3n) is 2.52. The Kier molecular flexibility index (Phi) is 3.16. The van der Waals surface area contributed by atoms with Crippen molar-refractivity contribution in [1.82, 2.24) is 4.98 Å². The molecule has 2 aromatic rings. The second-order valence-corrected chi connectivity index (χ2v) is 4.07. The average molecular weight is 239 g/mol. The van der Waals surface area contributed by atoms with E-state index >= 15 is 0 Å². The van der Waals surface area contributed by atoms with Gasteiger partial charge in [-0.15, -0.1) is 0 Å². The zero-order chi connectivity index (χ0) is 13.1. The maximum atomic E-state index is 8.88. The fraction of sp³-hybridized carbons (Fsp3) is 0.143. The van der Waals surface area contributed by atoms with Crippen LogP contribution in [0.4, 0.5) is 5.69 Å². The number of hydrogen-bond donors (Lipinski definition) is 1. The van der Waals surface area contributed by atoms with Crippen molar-refractivity contribution in [2.75, 3.05) is 5.73 Å². The highest BCUT2D eigenvalue weighted by molar-refractivity contribution is 5.50. The Balaban J connectivity index is 2.31. The van der Waals surface area contributed by atoms with Gasteiger partial charge in [0, 0.05) is 17.4 Å². The summed E-state index contributed by atoms with van der Waals surface area (Å²) in [5.41, 5.74) is 8.68. The number of pyridine rings is 1. The Hall–Kier alpha value is -2.54. The van der Waals surface area contributed by atoms with Crippen LogP contribution in [0, 0.1) is 25.2 Å². The van der Waals surface area contributed by atoms with E-state index in [1.165, 1.54) is 0 Å². The molecule has 0 bridgehead atoms. The summed E-state index contributed by atoms with van der Waals surface area (Å²) in [6, 6.07) is 10.8. The highest BCUT2D eigenvalue weighted by Gasteiger charge is 2.04. The first-order valence-electron chi connectivity index (χ1n) is 5.51. The molecule has 90 valence electrons. The minimum atomic E-state index is 0.413. The molecule has 0 unspecified atom stereocenters. The Bertz CT molecular complexity index is 629. The molecule has 0 radical (unpaired) electrons. The van der Waals surface area contributed by atoms with Crippen molar-refractivity contribution >= 4 is 5.69 Å². The third-order valence-corrected chi connectivity index (χ3v) is 2.52. The highest BCUT2D eigenvalue weighted by atomic mass is 16.5. The van der Waals surface area contributed by atoms with Crippen molar-refractivity contribution < 1.29 is 4.74 Å². The maximum Gasteiger partial charge on any atom is 0.220 e. The number of anilines is 1. The fourth-order valence-electron chi connectivity index (χ4n) is 1.59. The van der Waals surface area contributed by atoms with Gasteiger partial charge in [-0.3, -0.25) is 0 Å². The van der Waals surface area contributed by atoms with Gasteiger partial charge in [0.25, 0.3) is 0 Å². The van der Waals surface area contributed by atoms with Crippen LogP contribution in [0.5, 0.6) is 11.6 Å². The van der Waals surface area contributed by atoms with E-state index in [1.54, 1.807) is 24.3 Å². The van der Waals surface area contributed by atoms with E-state index in [9.17, 15) is 0 Å². The van der Waals surface area contributed by atoms with Gasteiger partial charge in [-0.05, 0) is 43.7 Å². The molecule has 2 rings (SSSR count). The molecule has 18 heavy (non-hydrogen) atoms. The molecule has 0 aliphatic heterocycles. The summed E-state index contributed by atoms with van der Waals surface area (Å²) in [6.45, 7) is 3.73.